The van der Waals surface area contributed by atoms with Crippen molar-refractivity contribution in [3.8, 4) is 5.75 Å². The lowest BCUT2D eigenvalue weighted by Gasteiger charge is -2.35. The number of para-hydroxylation sites is 1. The number of nitrogens with zero attached hydrogens (tertiary/aromatic N) is 1. The molecule has 0 aromatic heterocycles. The number of amides is 1. The number of ether oxygens (including phenoxy) is 1. The summed E-state index contributed by atoms with van der Waals surface area (Å²) in [5, 5.41) is 13.5. The molecule has 200 valence electrons. The molecular weight excluding hydrogens is 488 g/mol. The summed E-state index contributed by atoms with van der Waals surface area (Å²) >= 11 is 6.79. The van der Waals surface area contributed by atoms with Crippen LogP contribution in [-0.2, 0) is 11.2 Å². The van der Waals surface area contributed by atoms with Gasteiger partial charge in [-0.3, -0.25) is 4.79 Å². The van der Waals surface area contributed by atoms with Gasteiger partial charge in [-0.15, -0.1) is 0 Å². The molecule has 1 saturated carbocycles. The Kier molecular flexibility index (Phi) is 9.73. The van der Waals surface area contributed by atoms with Crippen molar-refractivity contribution in [2.45, 2.75) is 77.2 Å². The lowest BCUT2D eigenvalue weighted by Crippen LogP contribution is -2.35. The molecule has 1 atom stereocenters. The van der Waals surface area contributed by atoms with Crippen LogP contribution in [0.25, 0.3) is 0 Å². The van der Waals surface area contributed by atoms with Crippen LogP contribution in [0.2, 0.25) is 5.02 Å². The van der Waals surface area contributed by atoms with Crippen LogP contribution in [0.1, 0.15) is 92.2 Å². The second kappa shape index (κ2) is 13.2. The third-order valence-corrected chi connectivity index (χ3v) is 7.94. The lowest BCUT2D eigenvalue weighted by molar-refractivity contribution is -0.121. The monoisotopic (exact) mass is 526 g/mol. The minimum Gasteiger partial charge on any atom is -0.493 e. The minimum absolute atomic E-state index is 0.0871. The van der Waals surface area contributed by atoms with E-state index >= 15 is 0 Å². The zero-order valence-electron chi connectivity index (χ0n) is 21.8. The maximum absolute atomic E-state index is 13.4. The molecular formula is C30H39ClN2O4. The topological polar surface area (TPSA) is 78.9 Å². The highest BCUT2D eigenvalue weighted by Gasteiger charge is 2.27. The van der Waals surface area contributed by atoms with E-state index in [0.717, 1.165) is 54.2 Å². The summed E-state index contributed by atoms with van der Waals surface area (Å²) < 4.78 is 5.53. The number of piperidine rings is 1. The van der Waals surface area contributed by atoms with Crippen LogP contribution in [-0.4, -0.2) is 36.7 Å². The maximum Gasteiger partial charge on any atom is 0.339 e. The van der Waals surface area contributed by atoms with Crippen LogP contribution < -0.4 is 15.0 Å². The molecule has 1 unspecified atom stereocenters. The highest BCUT2D eigenvalue weighted by Crippen LogP contribution is 2.39. The van der Waals surface area contributed by atoms with Gasteiger partial charge in [-0.2, -0.15) is 0 Å². The summed E-state index contributed by atoms with van der Waals surface area (Å²) in [6.07, 6.45) is 10.8. The van der Waals surface area contributed by atoms with E-state index in [-0.39, 0.29) is 23.9 Å². The van der Waals surface area contributed by atoms with Crippen LogP contribution in [0.4, 0.5) is 5.69 Å². The Labute approximate surface area is 225 Å². The van der Waals surface area contributed by atoms with Crippen LogP contribution in [0.5, 0.6) is 5.75 Å². The molecule has 6 nitrogen and oxygen atoms in total. The Hall–Kier alpha value is -2.73. The second-order valence-electron chi connectivity index (χ2n) is 10.3. The number of hydrogen-bond acceptors (Lipinski definition) is 4. The number of rotatable bonds is 10. The first-order valence-electron chi connectivity index (χ1n) is 13.8. The van der Waals surface area contributed by atoms with Crippen molar-refractivity contribution in [2.75, 3.05) is 24.6 Å². The summed E-state index contributed by atoms with van der Waals surface area (Å²) in [7, 11) is 0. The van der Waals surface area contributed by atoms with Gasteiger partial charge in [0.05, 0.1) is 29.8 Å². The highest BCUT2D eigenvalue weighted by atomic mass is 35.5. The number of anilines is 1. The molecule has 1 amide bonds. The van der Waals surface area contributed by atoms with Crippen molar-refractivity contribution in [2.24, 2.45) is 5.92 Å². The Morgan fingerprint density at radius 3 is 2.51 bits per heavy atom. The van der Waals surface area contributed by atoms with Gasteiger partial charge in [-0.05, 0) is 67.9 Å². The van der Waals surface area contributed by atoms with E-state index in [9.17, 15) is 14.7 Å². The van der Waals surface area contributed by atoms with Gasteiger partial charge in [-0.1, -0.05) is 61.9 Å². The molecule has 2 aromatic rings. The van der Waals surface area contributed by atoms with Crippen LogP contribution >= 0.6 is 11.6 Å². The van der Waals surface area contributed by atoms with E-state index in [2.05, 4.69) is 16.3 Å². The first-order chi connectivity index (χ1) is 18.0. The average molecular weight is 527 g/mol. The number of carboxylic acids is 1. The predicted molar refractivity (Wildman–Crippen MR) is 148 cm³/mol. The largest absolute Gasteiger partial charge is 0.493 e. The normalized spacial score (nSPS) is 17.3. The summed E-state index contributed by atoms with van der Waals surface area (Å²) in [6.45, 7) is 4.13. The Morgan fingerprint density at radius 1 is 1.08 bits per heavy atom. The smallest absolute Gasteiger partial charge is 0.339 e. The van der Waals surface area contributed by atoms with E-state index < -0.39 is 5.97 Å². The van der Waals surface area contributed by atoms with E-state index in [1.807, 2.05) is 19.1 Å². The molecule has 2 fully saturated rings. The van der Waals surface area contributed by atoms with Gasteiger partial charge in [-0.25, -0.2) is 4.79 Å². The highest BCUT2D eigenvalue weighted by molar-refractivity contribution is 6.33. The molecule has 7 heteroatoms. The van der Waals surface area contributed by atoms with Gasteiger partial charge >= 0.3 is 5.97 Å². The Bertz CT molecular complexity index is 1080. The molecule has 0 spiro atoms. The number of nitrogens with one attached hydrogen (secondary N) is 1. The quantitative estimate of drug-likeness (QED) is 0.356. The van der Waals surface area contributed by atoms with Crippen LogP contribution in [0.15, 0.2) is 36.4 Å². The fraction of sp³-hybridized carbons (Fsp3) is 0.533. The molecule has 1 heterocycles. The molecule has 1 saturated heterocycles. The van der Waals surface area contributed by atoms with Gasteiger partial charge in [0.25, 0.3) is 0 Å². The number of carbonyl (C=O) groups excluding carboxylic acids is 1. The zero-order chi connectivity index (χ0) is 26.2. The first-order valence-corrected chi connectivity index (χ1v) is 14.2. The number of carboxylic acid groups (broad SMARTS) is 1. The molecule has 1 aliphatic carbocycles. The van der Waals surface area contributed by atoms with Crippen LogP contribution in [0.3, 0.4) is 0 Å². The third kappa shape index (κ3) is 7.19. The summed E-state index contributed by atoms with van der Waals surface area (Å²) in [5.41, 5.74) is 3.00. The van der Waals surface area contributed by atoms with E-state index in [1.165, 1.54) is 44.6 Å². The predicted octanol–water partition coefficient (Wildman–Crippen LogP) is 6.80. The standard InChI is InChI=1S/C30H39ClN2O4/c1-2-37-27-19-22(14-15-24(27)30(35)36)20-28(34)32-26(18-21-10-5-3-6-11-21)23-12-9-13-25(31)29(23)33-16-7-4-8-17-33/h9,12-15,19,21,26H,2-8,10-11,16-18,20H2,1H3,(H,32,34)(H,35,36). The third-order valence-electron chi connectivity index (χ3n) is 7.64. The van der Waals surface area contributed by atoms with Crippen molar-refractivity contribution in [1.29, 1.82) is 0 Å². The van der Waals surface area contributed by atoms with Gasteiger partial charge in [0.2, 0.25) is 5.91 Å². The lowest BCUT2D eigenvalue weighted by atomic mass is 9.83. The molecule has 37 heavy (non-hydrogen) atoms. The van der Waals surface area contributed by atoms with Crippen molar-refractivity contribution >= 4 is 29.2 Å². The molecule has 0 bridgehead atoms. The first kappa shape index (κ1) is 27.3. The van der Waals surface area contributed by atoms with Crippen molar-refractivity contribution in [1.82, 2.24) is 5.32 Å². The SMILES string of the molecule is CCOc1cc(CC(=O)NC(CC2CCCCC2)c2cccc(Cl)c2N2CCCCC2)ccc1C(=O)O. The summed E-state index contributed by atoms with van der Waals surface area (Å²) in [6, 6.07) is 10.8. The fourth-order valence-corrected chi connectivity index (χ4v) is 6.14. The molecule has 2 N–H and O–H groups in total. The second-order valence-corrected chi connectivity index (χ2v) is 10.7. The van der Waals surface area contributed by atoms with Crippen molar-refractivity contribution in [3.63, 3.8) is 0 Å². The van der Waals surface area contributed by atoms with E-state index in [4.69, 9.17) is 16.3 Å². The molecule has 1 aliphatic heterocycles. The molecule has 0 radical (unpaired) electrons. The van der Waals surface area contributed by atoms with Gasteiger partial charge in [0, 0.05) is 13.1 Å². The number of aromatic carboxylic acids is 1. The van der Waals surface area contributed by atoms with Crippen molar-refractivity contribution < 1.29 is 19.4 Å². The van der Waals surface area contributed by atoms with Crippen molar-refractivity contribution in [3.05, 3.63) is 58.1 Å². The number of hydrogen-bond donors (Lipinski definition) is 2. The number of carbonyl (C=O) groups is 2. The van der Waals surface area contributed by atoms with Crippen LogP contribution in [0, 0.1) is 5.92 Å². The Balaban J connectivity index is 1.58. The summed E-state index contributed by atoms with van der Waals surface area (Å²) in [5.74, 6) is -0.262. The number of benzene rings is 2. The average Bonchev–Trinajstić information content (AvgIpc) is 2.89. The van der Waals surface area contributed by atoms with Gasteiger partial charge in [0.15, 0.2) is 0 Å². The minimum atomic E-state index is -1.04. The van der Waals surface area contributed by atoms with E-state index in [0.29, 0.717) is 18.3 Å². The van der Waals surface area contributed by atoms with Gasteiger partial charge in [0.1, 0.15) is 11.3 Å². The number of halogens is 1. The van der Waals surface area contributed by atoms with Gasteiger partial charge < -0.3 is 20.1 Å². The van der Waals surface area contributed by atoms with E-state index in [1.54, 1.807) is 12.1 Å². The maximum atomic E-state index is 13.4. The molecule has 2 aromatic carbocycles. The zero-order valence-corrected chi connectivity index (χ0v) is 22.6. The molecule has 2 aliphatic rings. The fourth-order valence-electron chi connectivity index (χ4n) is 5.84. The Morgan fingerprint density at radius 2 is 1.81 bits per heavy atom. The molecule has 4 rings (SSSR count). The summed E-state index contributed by atoms with van der Waals surface area (Å²) in [4.78, 5) is 27.3.